The minimum Gasteiger partial charge on any atom is -0.326 e. The van der Waals surface area contributed by atoms with Crippen molar-refractivity contribution in [3.63, 3.8) is 0 Å². The molecule has 0 aliphatic carbocycles. The molecular weight excluding hydrogens is 326 g/mol. The van der Waals surface area contributed by atoms with Crippen LogP contribution in [0.2, 0.25) is 5.02 Å². The molecule has 0 aromatic heterocycles. The van der Waals surface area contributed by atoms with E-state index in [0.717, 1.165) is 21.3 Å². The molecule has 0 aliphatic rings. The van der Waals surface area contributed by atoms with Gasteiger partial charge in [0.05, 0.1) is 6.42 Å². The number of nitrogens with one attached hydrogen (secondary N) is 1. The highest BCUT2D eigenvalue weighted by Crippen LogP contribution is 2.20. The molecule has 2 aromatic carbocycles. The van der Waals surface area contributed by atoms with Crippen LogP contribution in [0.5, 0.6) is 0 Å². The standard InChI is InChI=1S/C15H13BrClNO/c1-10-2-7-13(17)9-14(10)18-15(19)8-11-3-5-12(16)6-4-11/h2-7,9H,8H2,1H3,(H,18,19). The van der Waals surface area contributed by atoms with Gasteiger partial charge in [0.15, 0.2) is 0 Å². The molecule has 2 nitrogen and oxygen atoms in total. The predicted octanol–water partition coefficient (Wildman–Crippen LogP) is 4.59. The fraction of sp³-hybridized carbons (Fsp3) is 0.133. The molecule has 19 heavy (non-hydrogen) atoms. The highest BCUT2D eigenvalue weighted by Gasteiger charge is 2.06. The van der Waals surface area contributed by atoms with Crippen molar-refractivity contribution in [3.8, 4) is 0 Å². The Labute approximate surface area is 125 Å². The minimum absolute atomic E-state index is 0.0484. The Kier molecular flexibility index (Phi) is 4.61. The van der Waals surface area contributed by atoms with E-state index < -0.39 is 0 Å². The number of anilines is 1. The highest BCUT2D eigenvalue weighted by atomic mass is 79.9. The van der Waals surface area contributed by atoms with Crippen molar-refractivity contribution < 1.29 is 4.79 Å². The van der Waals surface area contributed by atoms with Crippen molar-refractivity contribution in [3.05, 3.63) is 63.1 Å². The van der Waals surface area contributed by atoms with Crippen molar-refractivity contribution in [2.75, 3.05) is 5.32 Å². The van der Waals surface area contributed by atoms with Gasteiger partial charge in [-0.2, -0.15) is 0 Å². The number of rotatable bonds is 3. The van der Waals surface area contributed by atoms with Gasteiger partial charge in [-0.3, -0.25) is 4.79 Å². The third kappa shape index (κ3) is 4.08. The Hall–Kier alpha value is -1.32. The van der Waals surface area contributed by atoms with Crippen molar-refractivity contribution in [2.24, 2.45) is 0 Å². The second-order valence-corrected chi connectivity index (χ2v) is 5.66. The van der Waals surface area contributed by atoms with E-state index in [1.165, 1.54) is 0 Å². The summed E-state index contributed by atoms with van der Waals surface area (Å²) < 4.78 is 1.00. The van der Waals surface area contributed by atoms with Crippen molar-refractivity contribution >= 4 is 39.1 Å². The molecule has 2 rings (SSSR count). The van der Waals surface area contributed by atoms with Crippen LogP contribution in [0.15, 0.2) is 46.9 Å². The van der Waals surface area contributed by atoms with E-state index in [9.17, 15) is 4.79 Å². The molecule has 98 valence electrons. The topological polar surface area (TPSA) is 29.1 Å². The average molecular weight is 339 g/mol. The Morgan fingerprint density at radius 3 is 2.58 bits per heavy atom. The molecule has 0 bridgehead atoms. The monoisotopic (exact) mass is 337 g/mol. The molecule has 2 aromatic rings. The van der Waals surface area contributed by atoms with E-state index in [-0.39, 0.29) is 5.91 Å². The maximum absolute atomic E-state index is 12.0. The maximum Gasteiger partial charge on any atom is 0.228 e. The second-order valence-electron chi connectivity index (χ2n) is 4.31. The van der Waals surface area contributed by atoms with Crippen LogP contribution in [0.4, 0.5) is 5.69 Å². The average Bonchev–Trinajstić information content (AvgIpc) is 2.37. The first-order valence-electron chi connectivity index (χ1n) is 5.85. The number of amides is 1. The van der Waals surface area contributed by atoms with Crippen molar-refractivity contribution in [1.82, 2.24) is 0 Å². The summed E-state index contributed by atoms with van der Waals surface area (Å²) in [4.78, 5) is 12.0. The number of carbonyl (C=O) groups is 1. The van der Waals surface area contributed by atoms with Crippen LogP contribution in [0, 0.1) is 6.92 Å². The van der Waals surface area contributed by atoms with Crippen LogP contribution < -0.4 is 5.32 Å². The molecule has 0 fully saturated rings. The molecule has 0 radical (unpaired) electrons. The summed E-state index contributed by atoms with van der Waals surface area (Å²) in [7, 11) is 0. The normalized spacial score (nSPS) is 10.3. The number of carbonyl (C=O) groups excluding carboxylic acids is 1. The van der Waals surface area contributed by atoms with Gasteiger partial charge in [-0.25, -0.2) is 0 Å². The Balaban J connectivity index is 2.05. The molecule has 0 atom stereocenters. The zero-order chi connectivity index (χ0) is 13.8. The summed E-state index contributed by atoms with van der Waals surface area (Å²) in [6.07, 6.45) is 0.346. The lowest BCUT2D eigenvalue weighted by atomic mass is 10.1. The lowest BCUT2D eigenvalue weighted by molar-refractivity contribution is -0.115. The van der Waals surface area contributed by atoms with Gasteiger partial charge in [0.2, 0.25) is 5.91 Å². The number of aryl methyl sites for hydroxylation is 1. The van der Waals surface area contributed by atoms with Crippen LogP contribution >= 0.6 is 27.5 Å². The van der Waals surface area contributed by atoms with Gasteiger partial charge in [-0.15, -0.1) is 0 Å². The summed E-state index contributed by atoms with van der Waals surface area (Å²) in [5.41, 5.74) is 2.73. The Morgan fingerprint density at radius 1 is 1.21 bits per heavy atom. The zero-order valence-corrected chi connectivity index (χ0v) is 12.8. The molecule has 1 N–H and O–H groups in total. The van der Waals surface area contributed by atoms with E-state index in [1.807, 2.05) is 37.3 Å². The van der Waals surface area contributed by atoms with Crippen LogP contribution in [0.3, 0.4) is 0 Å². The van der Waals surface area contributed by atoms with Crippen molar-refractivity contribution in [2.45, 2.75) is 13.3 Å². The molecule has 1 amide bonds. The SMILES string of the molecule is Cc1ccc(Cl)cc1NC(=O)Cc1ccc(Br)cc1. The first-order chi connectivity index (χ1) is 9.04. The van der Waals surface area contributed by atoms with Gasteiger partial charge < -0.3 is 5.32 Å². The number of benzene rings is 2. The lowest BCUT2D eigenvalue weighted by Gasteiger charge is -2.09. The van der Waals surface area contributed by atoms with Crippen LogP contribution in [-0.4, -0.2) is 5.91 Å². The van der Waals surface area contributed by atoms with E-state index in [2.05, 4.69) is 21.2 Å². The Bertz CT molecular complexity index is 596. The molecule has 0 aliphatic heterocycles. The van der Waals surface area contributed by atoms with Gasteiger partial charge >= 0.3 is 0 Å². The fourth-order valence-electron chi connectivity index (χ4n) is 1.71. The minimum atomic E-state index is -0.0484. The van der Waals surface area contributed by atoms with E-state index in [4.69, 9.17) is 11.6 Å². The van der Waals surface area contributed by atoms with Crippen molar-refractivity contribution in [1.29, 1.82) is 0 Å². The lowest BCUT2D eigenvalue weighted by Crippen LogP contribution is -2.15. The maximum atomic E-state index is 12.0. The van der Waals surface area contributed by atoms with Gasteiger partial charge in [0.25, 0.3) is 0 Å². The molecule has 4 heteroatoms. The zero-order valence-electron chi connectivity index (χ0n) is 10.4. The number of halogens is 2. The summed E-state index contributed by atoms with van der Waals surface area (Å²) in [5.74, 6) is -0.0484. The van der Waals surface area contributed by atoms with E-state index >= 15 is 0 Å². The quantitative estimate of drug-likeness (QED) is 0.871. The molecule has 0 saturated carbocycles. The molecular formula is C15H13BrClNO. The summed E-state index contributed by atoms with van der Waals surface area (Å²) >= 11 is 9.29. The van der Waals surface area contributed by atoms with E-state index in [0.29, 0.717) is 11.4 Å². The van der Waals surface area contributed by atoms with E-state index in [1.54, 1.807) is 12.1 Å². The van der Waals surface area contributed by atoms with Crippen LogP contribution in [0.1, 0.15) is 11.1 Å². The fourth-order valence-corrected chi connectivity index (χ4v) is 2.15. The number of hydrogen-bond donors (Lipinski definition) is 1. The van der Waals surface area contributed by atoms with Gasteiger partial charge in [0.1, 0.15) is 0 Å². The third-order valence-corrected chi connectivity index (χ3v) is 3.52. The van der Waals surface area contributed by atoms with Crippen LogP contribution in [-0.2, 0) is 11.2 Å². The first kappa shape index (κ1) is 14.1. The third-order valence-electron chi connectivity index (χ3n) is 2.75. The second kappa shape index (κ2) is 6.22. The predicted molar refractivity (Wildman–Crippen MR) is 82.7 cm³/mol. The largest absolute Gasteiger partial charge is 0.326 e. The smallest absolute Gasteiger partial charge is 0.228 e. The summed E-state index contributed by atoms with van der Waals surface area (Å²) in [6.45, 7) is 1.94. The highest BCUT2D eigenvalue weighted by molar-refractivity contribution is 9.10. The molecule has 0 spiro atoms. The Morgan fingerprint density at radius 2 is 1.89 bits per heavy atom. The first-order valence-corrected chi connectivity index (χ1v) is 7.02. The molecule has 0 heterocycles. The molecule has 0 saturated heterocycles. The molecule has 0 unspecified atom stereocenters. The summed E-state index contributed by atoms with van der Waals surface area (Å²) in [6, 6.07) is 13.2. The van der Waals surface area contributed by atoms with Crippen LogP contribution in [0.25, 0.3) is 0 Å². The van der Waals surface area contributed by atoms with Gasteiger partial charge in [0, 0.05) is 15.2 Å². The van der Waals surface area contributed by atoms with Gasteiger partial charge in [-0.1, -0.05) is 45.7 Å². The summed E-state index contributed by atoms with van der Waals surface area (Å²) in [5, 5.41) is 3.49. The van der Waals surface area contributed by atoms with Gasteiger partial charge in [-0.05, 0) is 42.3 Å². The number of hydrogen-bond acceptors (Lipinski definition) is 1.